The van der Waals surface area contributed by atoms with Crippen molar-refractivity contribution in [3.8, 4) is 0 Å². The molecule has 0 aliphatic heterocycles. The summed E-state index contributed by atoms with van der Waals surface area (Å²) in [5, 5.41) is 15.6. The van der Waals surface area contributed by atoms with E-state index < -0.39 is 10.8 Å². The van der Waals surface area contributed by atoms with E-state index in [0.717, 1.165) is 11.3 Å². The number of hydrogen-bond acceptors (Lipinski definition) is 5. The Balaban J connectivity index is 2.15. The van der Waals surface area contributed by atoms with Gasteiger partial charge in [0.1, 0.15) is 0 Å². The Bertz CT molecular complexity index is 711. The Hall–Kier alpha value is -2.74. The van der Waals surface area contributed by atoms with Crippen molar-refractivity contribution in [1.82, 2.24) is 5.32 Å². The van der Waals surface area contributed by atoms with E-state index in [1.807, 2.05) is 0 Å². The number of thiophene rings is 1. The van der Waals surface area contributed by atoms with Crippen LogP contribution in [0.25, 0.3) is 0 Å². The summed E-state index contributed by atoms with van der Waals surface area (Å²) in [6.07, 6.45) is 0. The van der Waals surface area contributed by atoms with Gasteiger partial charge in [0, 0.05) is 24.4 Å². The third-order valence-corrected chi connectivity index (χ3v) is 3.64. The first-order valence-corrected chi connectivity index (χ1v) is 6.70. The summed E-state index contributed by atoms with van der Waals surface area (Å²) in [6, 6.07) is 9.08. The maximum absolute atomic E-state index is 12.0. The normalized spacial score (nSPS) is 9.95. The Labute approximate surface area is 123 Å². The molecule has 0 aliphatic rings. The van der Waals surface area contributed by atoms with Crippen molar-refractivity contribution < 1.29 is 14.5 Å². The lowest BCUT2D eigenvalue weighted by atomic mass is 10.2. The van der Waals surface area contributed by atoms with Gasteiger partial charge >= 0.3 is 5.00 Å². The van der Waals surface area contributed by atoms with E-state index in [1.54, 1.807) is 18.2 Å². The number of rotatable bonds is 4. The van der Waals surface area contributed by atoms with Gasteiger partial charge in [-0.1, -0.05) is 17.4 Å². The van der Waals surface area contributed by atoms with Crippen molar-refractivity contribution in [2.45, 2.75) is 0 Å². The second kappa shape index (κ2) is 6.14. The minimum absolute atomic E-state index is 0.0979. The van der Waals surface area contributed by atoms with Crippen LogP contribution in [0.2, 0.25) is 0 Å². The molecule has 8 heteroatoms. The van der Waals surface area contributed by atoms with Crippen LogP contribution in [0.15, 0.2) is 36.4 Å². The van der Waals surface area contributed by atoms with Gasteiger partial charge in [0.25, 0.3) is 11.8 Å². The maximum Gasteiger partial charge on any atom is 0.324 e. The lowest BCUT2D eigenvalue weighted by Crippen LogP contribution is -2.18. The van der Waals surface area contributed by atoms with Crippen molar-refractivity contribution in [2.75, 3.05) is 12.4 Å². The first-order chi connectivity index (χ1) is 10.0. The molecule has 0 saturated carbocycles. The molecule has 2 N–H and O–H groups in total. The summed E-state index contributed by atoms with van der Waals surface area (Å²) in [5.74, 6) is -0.722. The summed E-state index contributed by atoms with van der Waals surface area (Å²) in [4.78, 5) is 33.7. The zero-order chi connectivity index (χ0) is 15.4. The number of carbonyl (C=O) groups is 2. The van der Waals surface area contributed by atoms with Crippen LogP contribution >= 0.6 is 11.3 Å². The molecular formula is C13H11N3O4S. The van der Waals surface area contributed by atoms with Crippen LogP contribution in [0.1, 0.15) is 20.0 Å². The van der Waals surface area contributed by atoms with Gasteiger partial charge in [-0.3, -0.25) is 19.7 Å². The first kappa shape index (κ1) is 14.7. The Kier molecular flexibility index (Phi) is 4.29. The fraction of sp³-hybridized carbons (Fsp3) is 0.0769. The molecular weight excluding hydrogens is 294 g/mol. The van der Waals surface area contributed by atoms with Gasteiger partial charge in [0.15, 0.2) is 0 Å². The maximum atomic E-state index is 12.0. The van der Waals surface area contributed by atoms with E-state index in [1.165, 1.54) is 25.2 Å². The van der Waals surface area contributed by atoms with E-state index in [2.05, 4.69) is 10.6 Å². The monoisotopic (exact) mass is 305 g/mol. The molecule has 1 heterocycles. The average molecular weight is 305 g/mol. The predicted octanol–water partition coefficient (Wildman–Crippen LogP) is 2.27. The van der Waals surface area contributed by atoms with E-state index in [4.69, 9.17) is 0 Å². The van der Waals surface area contributed by atoms with Gasteiger partial charge in [0.2, 0.25) is 0 Å². The summed E-state index contributed by atoms with van der Waals surface area (Å²) in [5.41, 5.74) is 0.851. The first-order valence-electron chi connectivity index (χ1n) is 5.89. The number of anilines is 1. The van der Waals surface area contributed by atoms with Crippen LogP contribution in [-0.2, 0) is 0 Å². The summed E-state index contributed by atoms with van der Waals surface area (Å²) in [7, 11) is 1.51. The molecule has 0 unspecified atom stereocenters. The molecule has 21 heavy (non-hydrogen) atoms. The SMILES string of the molecule is CNC(=O)c1cccc(NC(=O)c2ccc([N+](=O)[O-])s2)c1. The van der Waals surface area contributed by atoms with Crippen LogP contribution in [-0.4, -0.2) is 23.8 Å². The molecule has 2 amide bonds. The number of nitro groups is 1. The molecule has 2 aromatic rings. The molecule has 7 nitrogen and oxygen atoms in total. The van der Waals surface area contributed by atoms with Gasteiger partial charge in [-0.2, -0.15) is 0 Å². The molecule has 0 aliphatic carbocycles. The zero-order valence-corrected chi connectivity index (χ0v) is 11.8. The highest BCUT2D eigenvalue weighted by Gasteiger charge is 2.15. The number of nitrogens with one attached hydrogen (secondary N) is 2. The van der Waals surface area contributed by atoms with Gasteiger partial charge in [-0.15, -0.1) is 0 Å². The Morgan fingerprint density at radius 2 is 1.95 bits per heavy atom. The predicted molar refractivity (Wildman–Crippen MR) is 78.8 cm³/mol. The molecule has 2 rings (SSSR count). The second-order valence-electron chi connectivity index (χ2n) is 4.01. The molecule has 0 fully saturated rings. The quantitative estimate of drug-likeness (QED) is 0.668. The highest BCUT2D eigenvalue weighted by Crippen LogP contribution is 2.24. The van der Waals surface area contributed by atoms with E-state index in [0.29, 0.717) is 11.3 Å². The second-order valence-corrected chi connectivity index (χ2v) is 5.07. The van der Waals surface area contributed by atoms with Crippen molar-refractivity contribution in [2.24, 2.45) is 0 Å². The van der Waals surface area contributed by atoms with Crippen molar-refractivity contribution >= 4 is 33.8 Å². The minimum atomic E-state index is -0.548. The third kappa shape index (κ3) is 3.42. The average Bonchev–Trinajstić information content (AvgIpc) is 2.97. The Morgan fingerprint density at radius 1 is 1.19 bits per heavy atom. The van der Waals surface area contributed by atoms with Crippen LogP contribution in [0.4, 0.5) is 10.7 Å². The largest absolute Gasteiger partial charge is 0.355 e. The van der Waals surface area contributed by atoms with Gasteiger partial charge in [-0.25, -0.2) is 0 Å². The fourth-order valence-corrected chi connectivity index (χ4v) is 2.34. The van der Waals surface area contributed by atoms with Crippen LogP contribution in [0, 0.1) is 10.1 Å². The van der Waals surface area contributed by atoms with E-state index >= 15 is 0 Å². The van der Waals surface area contributed by atoms with Crippen LogP contribution < -0.4 is 10.6 Å². The molecule has 108 valence electrons. The third-order valence-electron chi connectivity index (χ3n) is 2.61. The minimum Gasteiger partial charge on any atom is -0.355 e. The molecule has 0 radical (unpaired) electrons. The number of benzene rings is 1. The standard InChI is InChI=1S/C13H11N3O4S/c1-14-12(17)8-3-2-4-9(7-8)15-13(18)10-5-6-11(21-10)16(19)20/h2-7H,1H3,(H,14,17)(H,15,18). The molecule has 0 atom stereocenters. The molecule has 0 spiro atoms. The van der Waals surface area contributed by atoms with Crippen molar-refractivity contribution in [3.63, 3.8) is 0 Å². The zero-order valence-electron chi connectivity index (χ0n) is 11.0. The van der Waals surface area contributed by atoms with E-state index in [-0.39, 0.29) is 15.8 Å². The van der Waals surface area contributed by atoms with E-state index in [9.17, 15) is 19.7 Å². The van der Waals surface area contributed by atoms with Crippen LogP contribution in [0.3, 0.4) is 0 Å². The summed E-state index contributed by atoms with van der Waals surface area (Å²) in [6.45, 7) is 0. The molecule has 0 bridgehead atoms. The molecule has 1 aromatic heterocycles. The van der Waals surface area contributed by atoms with Gasteiger partial charge < -0.3 is 10.6 Å². The smallest absolute Gasteiger partial charge is 0.324 e. The van der Waals surface area contributed by atoms with Crippen molar-refractivity contribution in [1.29, 1.82) is 0 Å². The van der Waals surface area contributed by atoms with Gasteiger partial charge in [-0.05, 0) is 24.3 Å². The molecule has 1 aromatic carbocycles. The summed E-state index contributed by atoms with van der Waals surface area (Å²) >= 11 is 0.793. The Morgan fingerprint density at radius 3 is 2.57 bits per heavy atom. The van der Waals surface area contributed by atoms with Crippen molar-refractivity contribution in [3.05, 3.63) is 57.0 Å². The highest BCUT2D eigenvalue weighted by atomic mass is 32.1. The number of carbonyl (C=O) groups excluding carboxylic acids is 2. The van der Waals surface area contributed by atoms with Crippen LogP contribution in [0.5, 0.6) is 0 Å². The highest BCUT2D eigenvalue weighted by molar-refractivity contribution is 7.17. The lowest BCUT2D eigenvalue weighted by Gasteiger charge is -2.05. The molecule has 0 saturated heterocycles. The summed E-state index contributed by atoms with van der Waals surface area (Å²) < 4.78 is 0. The number of nitrogens with zero attached hydrogens (tertiary/aromatic N) is 1. The number of amides is 2. The fourth-order valence-electron chi connectivity index (χ4n) is 1.62. The topological polar surface area (TPSA) is 101 Å². The lowest BCUT2D eigenvalue weighted by molar-refractivity contribution is -0.380. The number of hydrogen-bond donors (Lipinski definition) is 2. The van der Waals surface area contributed by atoms with Gasteiger partial charge in [0.05, 0.1) is 9.80 Å².